The van der Waals surface area contributed by atoms with Crippen LogP contribution in [0.3, 0.4) is 0 Å². The lowest BCUT2D eigenvalue weighted by atomic mass is 9.33. The van der Waals surface area contributed by atoms with E-state index in [2.05, 4.69) is 329 Å². The van der Waals surface area contributed by atoms with Gasteiger partial charge in [-0.1, -0.05) is 229 Å². The van der Waals surface area contributed by atoms with Crippen molar-refractivity contribution in [3.63, 3.8) is 0 Å². The lowest BCUT2D eigenvalue weighted by Crippen LogP contribution is -2.61. The molecule has 0 saturated heterocycles. The second-order valence-electron chi connectivity index (χ2n) is 28.4. The lowest BCUT2D eigenvalue weighted by Gasteiger charge is -2.45. The molecule has 6 heteroatoms. The number of hydrogen-bond donors (Lipinski definition) is 0. The van der Waals surface area contributed by atoms with Gasteiger partial charge in [-0.15, -0.1) is 0 Å². The van der Waals surface area contributed by atoms with Crippen molar-refractivity contribution >= 4 is 79.0 Å². The summed E-state index contributed by atoms with van der Waals surface area (Å²) < 4.78 is 2.46. The molecule has 0 N–H and O–H groups in total. The Labute approximate surface area is 515 Å². The maximum absolute atomic E-state index is 5.40. The molecule has 2 aliphatic heterocycles. The summed E-state index contributed by atoms with van der Waals surface area (Å²) in [7, 11) is 0. The van der Waals surface area contributed by atoms with Crippen LogP contribution >= 0.6 is 0 Å². The van der Waals surface area contributed by atoms with Crippen LogP contribution < -0.4 is 26.2 Å². The van der Waals surface area contributed by atoms with Crippen LogP contribution in [-0.4, -0.2) is 21.2 Å². The van der Waals surface area contributed by atoms with Gasteiger partial charge in [-0.05, 0) is 163 Å². The molecule has 0 fully saturated rings. The van der Waals surface area contributed by atoms with Gasteiger partial charge in [0.15, 0.2) is 5.82 Å². The zero-order valence-electron chi connectivity index (χ0n) is 52.7. The minimum Gasteiger partial charge on any atom is -0.311 e. The van der Waals surface area contributed by atoms with E-state index in [-0.39, 0.29) is 28.4 Å². The van der Waals surface area contributed by atoms with Crippen LogP contribution in [0.2, 0.25) is 0 Å². The average Bonchev–Trinajstić information content (AvgIpc) is 2.59. The molecule has 0 atom stereocenters. The summed E-state index contributed by atoms with van der Waals surface area (Å²) in [4.78, 5) is 16.0. The van der Waals surface area contributed by atoms with Crippen LogP contribution in [0.5, 0.6) is 0 Å². The van der Waals surface area contributed by atoms with Crippen LogP contribution in [0.1, 0.15) is 111 Å². The van der Waals surface area contributed by atoms with Crippen molar-refractivity contribution in [1.29, 1.82) is 0 Å². The topological polar surface area (TPSA) is 37.2 Å². The van der Waals surface area contributed by atoms with E-state index in [0.29, 0.717) is 5.82 Å². The first kappa shape index (κ1) is 55.6. The summed E-state index contributed by atoms with van der Waals surface area (Å²) in [6.45, 7) is 30.4. The van der Waals surface area contributed by atoms with Crippen molar-refractivity contribution in [1.82, 2.24) is 14.5 Å². The van der Waals surface area contributed by atoms with Crippen molar-refractivity contribution in [2.45, 2.75) is 112 Å². The highest BCUT2D eigenvalue weighted by atomic mass is 15.2. The molecule has 87 heavy (non-hydrogen) atoms. The molecule has 428 valence electrons. The summed E-state index contributed by atoms with van der Waals surface area (Å²) in [5, 5.41) is 2.36. The molecule has 0 saturated carbocycles. The predicted octanol–water partition coefficient (Wildman–Crippen LogP) is 19.8. The largest absolute Gasteiger partial charge is 0.311 e. The van der Waals surface area contributed by atoms with Gasteiger partial charge in [0.25, 0.3) is 6.71 Å². The SMILES string of the molecule is Cc1cccc(-c2nc(-c3ccccc3)cc(-c3ccccc3)n2)c1-n1c2ccccc2c2cc(-c3cc4c5c(c3)N(c3cc(C(C)(C)C)cc(C(C)(C)C)c3)c3ccccc3B5c3ccccc3N4c3cc(C(C)(C)C)cc(C(C)(C)C)c3)ccc21. The average molecular weight is 1130 g/mol. The normalized spacial score (nSPS) is 13.3. The first-order valence-electron chi connectivity index (χ1n) is 31.0. The maximum Gasteiger partial charge on any atom is 0.252 e. The fraction of sp³-hybridized carbons (Fsp3) is 0.210. The smallest absolute Gasteiger partial charge is 0.252 e. The third-order valence-corrected chi connectivity index (χ3v) is 18.3. The van der Waals surface area contributed by atoms with Crippen LogP contribution in [-0.2, 0) is 21.7 Å². The van der Waals surface area contributed by atoms with E-state index >= 15 is 0 Å². The van der Waals surface area contributed by atoms with Crippen LogP contribution in [0.25, 0.3) is 72.5 Å². The molecule has 4 heterocycles. The number of rotatable bonds is 7. The van der Waals surface area contributed by atoms with E-state index < -0.39 is 0 Å². The molecule has 14 rings (SSSR count). The number of fused-ring (bicyclic) bond motifs is 7. The summed E-state index contributed by atoms with van der Waals surface area (Å²) in [5.41, 5.74) is 27.5. The molecule has 0 aliphatic carbocycles. The van der Waals surface area contributed by atoms with Crippen LogP contribution in [0.4, 0.5) is 34.1 Å². The Hall–Kier alpha value is -9.26. The number of hydrogen-bond acceptors (Lipinski definition) is 4. The molecule has 0 spiro atoms. The zero-order valence-corrected chi connectivity index (χ0v) is 52.7. The Bertz CT molecular complexity index is 4430. The second kappa shape index (κ2) is 20.4. The number of para-hydroxylation sites is 4. The number of nitrogens with zero attached hydrogens (tertiary/aromatic N) is 5. The Morgan fingerprint density at radius 1 is 0.345 bits per heavy atom. The number of anilines is 6. The number of benzene rings is 10. The fourth-order valence-electron chi connectivity index (χ4n) is 13.4. The number of aryl methyl sites for hydroxylation is 1. The van der Waals surface area contributed by atoms with E-state index in [1.54, 1.807) is 0 Å². The lowest BCUT2D eigenvalue weighted by molar-refractivity contribution is 0.568. The molecule has 0 radical (unpaired) electrons. The monoisotopic (exact) mass is 1130 g/mol. The molecule has 2 aromatic heterocycles. The van der Waals surface area contributed by atoms with Crippen LogP contribution in [0.15, 0.2) is 224 Å². The third-order valence-electron chi connectivity index (χ3n) is 18.3. The minimum atomic E-state index is -0.0916. The Kier molecular flexibility index (Phi) is 13.1. The molecule has 2 aliphatic rings. The standard InChI is InChI=1S/C81H76BN5/c1-51-27-26-33-63(77-83-67(52-28-16-14-17-29-52)50-68(84-77)53-30-18-15-19-31-53)76(51)87-69-36-23-20-32-62(69)64-41-54(39-40-70(64)87)55-42-73-75-74(43-55)86(61-48-58(80(8,9)10)45-59(49-61)81(11,12)13)72-38-25-22-35-66(72)82(75)65-34-21-24-37-71(65)85(73)60-46-56(78(2,3)4)44-57(47-60)79(5,6)7/h14-50H,1-13H3. The minimum absolute atomic E-state index is 0.0189. The maximum atomic E-state index is 5.40. The highest BCUT2D eigenvalue weighted by Gasteiger charge is 2.44. The van der Waals surface area contributed by atoms with Crippen molar-refractivity contribution in [3.8, 4) is 50.7 Å². The van der Waals surface area contributed by atoms with E-state index in [0.717, 1.165) is 61.5 Å². The highest BCUT2D eigenvalue weighted by molar-refractivity contribution is 7.00. The zero-order chi connectivity index (χ0) is 60.5. The van der Waals surface area contributed by atoms with Gasteiger partial charge in [-0.2, -0.15) is 0 Å². The van der Waals surface area contributed by atoms with Gasteiger partial charge >= 0.3 is 0 Å². The van der Waals surface area contributed by atoms with Gasteiger partial charge in [0, 0.05) is 61.6 Å². The Morgan fingerprint density at radius 3 is 1.29 bits per heavy atom. The van der Waals surface area contributed by atoms with Gasteiger partial charge < -0.3 is 14.4 Å². The molecule has 0 bridgehead atoms. The van der Waals surface area contributed by atoms with Crippen molar-refractivity contribution in [3.05, 3.63) is 252 Å². The van der Waals surface area contributed by atoms with Crippen LogP contribution in [0, 0.1) is 6.92 Å². The van der Waals surface area contributed by atoms with Gasteiger partial charge in [0.05, 0.1) is 28.1 Å². The summed E-state index contributed by atoms with van der Waals surface area (Å²) in [6.07, 6.45) is 0. The summed E-state index contributed by atoms with van der Waals surface area (Å²) in [6, 6.07) is 83.9. The second-order valence-corrected chi connectivity index (χ2v) is 28.4. The summed E-state index contributed by atoms with van der Waals surface area (Å²) in [5.74, 6) is 0.681. The third kappa shape index (κ3) is 9.65. The molecule has 5 nitrogen and oxygen atoms in total. The van der Waals surface area contributed by atoms with Gasteiger partial charge in [-0.25, -0.2) is 9.97 Å². The van der Waals surface area contributed by atoms with Crippen molar-refractivity contribution in [2.75, 3.05) is 9.80 Å². The highest BCUT2D eigenvalue weighted by Crippen LogP contribution is 2.49. The first-order chi connectivity index (χ1) is 41.6. The van der Waals surface area contributed by atoms with Gasteiger partial charge in [0.1, 0.15) is 0 Å². The predicted molar refractivity (Wildman–Crippen MR) is 372 cm³/mol. The Morgan fingerprint density at radius 2 is 0.793 bits per heavy atom. The number of aromatic nitrogens is 3. The van der Waals surface area contributed by atoms with E-state index in [1.165, 1.54) is 83.5 Å². The molecule has 0 unspecified atom stereocenters. The van der Waals surface area contributed by atoms with Gasteiger partial charge in [0.2, 0.25) is 0 Å². The van der Waals surface area contributed by atoms with E-state index in [4.69, 9.17) is 9.97 Å². The first-order valence-corrected chi connectivity index (χ1v) is 31.0. The molecule has 10 aromatic carbocycles. The van der Waals surface area contributed by atoms with Gasteiger partial charge in [-0.3, -0.25) is 0 Å². The fourth-order valence-corrected chi connectivity index (χ4v) is 13.4. The molecular weight excluding hydrogens is 1050 g/mol. The van der Waals surface area contributed by atoms with Crippen molar-refractivity contribution in [2.24, 2.45) is 0 Å². The summed E-state index contributed by atoms with van der Waals surface area (Å²) >= 11 is 0. The molecular formula is C81H76BN5. The Balaban J connectivity index is 1.04. The van der Waals surface area contributed by atoms with Crippen molar-refractivity contribution < 1.29 is 0 Å². The molecule has 0 amide bonds. The quantitative estimate of drug-likeness (QED) is 0.149. The molecule has 12 aromatic rings. The van der Waals surface area contributed by atoms with E-state index in [1.807, 2.05) is 0 Å². The van der Waals surface area contributed by atoms with E-state index in [9.17, 15) is 0 Å².